The fraction of sp³-hybridized carbons (Fsp3) is 0. The van der Waals surface area contributed by atoms with E-state index in [1.165, 1.54) is 23.0 Å². The molecule has 1 aromatic carbocycles. The molecule has 0 radical (unpaired) electrons. The molecule has 0 aliphatic rings. The van der Waals surface area contributed by atoms with Crippen LogP contribution in [0, 0.1) is 14.9 Å². The molecule has 0 fully saturated rings. The van der Waals surface area contributed by atoms with Crippen molar-refractivity contribution in [2.45, 2.75) is 0 Å². The van der Waals surface area contributed by atoms with Gasteiger partial charge in [0.25, 0.3) is 5.69 Å². The van der Waals surface area contributed by atoms with Gasteiger partial charge < -0.3 is 0 Å². The molecule has 3 aromatic rings. The van der Waals surface area contributed by atoms with Crippen molar-refractivity contribution in [2.24, 2.45) is 5.10 Å². The number of aromatic amines is 1. The second kappa shape index (κ2) is 6.28. The lowest BCUT2D eigenvalue weighted by Crippen LogP contribution is -1.95. The van der Waals surface area contributed by atoms with Gasteiger partial charge in [-0.1, -0.05) is 12.1 Å². The first-order valence-corrected chi connectivity index (χ1v) is 6.92. The number of benzene rings is 1. The molecule has 0 bridgehead atoms. The number of non-ortho nitro benzene ring substituents is 1. The number of nitro groups is 1. The summed E-state index contributed by atoms with van der Waals surface area (Å²) in [5.41, 5.74) is 1.38. The number of aromatic nitrogens is 4. The molecule has 0 saturated carbocycles. The molecule has 2 aromatic heterocycles. The maximum absolute atomic E-state index is 10.8. The molecule has 0 unspecified atom stereocenters. The zero-order valence-corrected chi connectivity index (χ0v) is 12.5. The van der Waals surface area contributed by atoms with E-state index in [2.05, 4.69) is 20.3 Å². The minimum absolute atomic E-state index is 0.000835. The summed E-state index contributed by atoms with van der Waals surface area (Å²) >= 11 is 5.16. The third-order valence-electron chi connectivity index (χ3n) is 2.99. The van der Waals surface area contributed by atoms with Crippen LogP contribution in [-0.2, 0) is 0 Å². The van der Waals surface area contributed by atoms with Crippen molar-refractivity contribution >= 4 is 24.1 Å². The maximum atomic E-state index is 10.8. The van der Waals surface area contributed by atoms with Gasteiger partial charge in [-0.3, -0.25) is 15.1 Å². The minimum atomic E-state index is -0.455. The second-order valence-corrected chi connectivity index (χ2v) is 4.88. The lowest BCUT2D eigenvalue weighted by molar-refractivity contribution is -0.384. The molecule has 9 heteroatoms. The molecule has 0 amide bonds. The zero-order chi connectivity index (χ0) is 16.2. The van der Waals surface area contributed by atoms with E-state index >= 15 is 0 Å². The Balaban J connectivity index is 1.98. The molecule has 0 aliphatic heterocycles. The van der Waals surface area contributed by atoms with E-state index in [0.717, 1.165) is 5.56 Å². The zero-order valence-electron chi connectivity index (χ0n) is 11.7. The van der Waals surface area contributed by atoms with E-state index in [1.54, 1.807) is 36.7 Å². The molecule has 8 nitrogen and oxygen atoms in total. The smallest absolute Gasteiger partial charge is 0.265 e. The lowest BCUT2D eigenvalue weighted by Gasteiger charge is -2.00. The van der Waals surface area contributed by atoms with Crippen LogP contribution in [0.5, 0.6) is 0 Å². The Morgan fingerprint density at radius 1 is 1.30 bits per heavy atom. The summed E-state index contributed by atoms with van der Waals surface area (Å²) in [6, 6.07) is 9.72. The van der Waals surface area contributed by atoms with Gasteiger partial charge in [0, 0.05) is 35.7 Å². The van der Waals surface area contributed by atoms with E-state index in [0.29, 0.717) is 16.2 Å². The van der Waals surface area contributed by atoms with Gasteiger partial charge in [0.05, 0.1) is 11.1 Å². The Bertz CT molecular complexity index is 932. The topological polar surface area (TPSA) is 102 Å². The highest BCUT2D eigenvalue weighted by molar-refractivity contribution is 7.71. The van der Waals surface area contributed by atoms with Crippen molar-refractivity contribution in [1.29, 1.82) is 0 Å². The van der Waals surface area contributed by atoms with Crippen LogP contribution in [0.1, 0.15) is 5.56 Å². The number of nitrogens with zero attached hydrogens (tertiary/aromatic N) is 5. The molecular weight excluding hydrogens is 316 g/mol. The van der Waals surface area contributed by atoms with Gasteiger partial charge in [0.1, 0.15) is 0 Å². The van der Waals surface area contributed by atoms with E-state index in [-0.39, 0.29) is 5.69 Å². The van der Waals surface area contributed by atoms with Crippen LogP contribution in [0.25, 0.3) is 11.4 Å². The highest BCUT2D eigenvalue weighted by Gasteiger charge is 2.08. The van der Waals surface area contributed by atoms with Crippen LogP contribution in [0.3, 0.4) is 0 Å². The molecule has 1 N–H and O–H groups in total. The van der Waals surface area contributed by atoms with Crippen molar-refractivity contribution in [2.75, 3.05) is 0 Å². The van der Waals surface area contributed by atoms with Crippen LogP contribution >= 0.6 is 12.2 Å². The number of nitro benzene ring substituents is 1. The number of H-pyrrole nitrogens is 1. The SMILES string of the molecule is O=[N+]([O-])c1cccc(/C=N/n2c(-c3ccncc3)n[nH]c2=S)c1. The van der Waals surface area contributed by atoms with Gasteiger partial charge in [-0.2, -0.15) is 14.9 Å². The van der Waals surface area contributed by atoms with Crippen molar-refractivity contribution in [3.63, 3.8) is 0 Å². The third kappa shape index (κ3) is 3.19. The van der Waals surface area contributed by atoms with Gasteiger partial charge in [0.2, 0.25) is 4.77 Å². The van der Waals surface area contributed by atoms with Crippen molar-refractivity contribution in [1.82, 2.24) is 19.9 Å². The normalized spacial score (nSPS) is 11.0. The molecule has 23 heavy (non-hydrogen) atoms. The predicted molar refractivity (Wildman–Crippen MR) is 86.7 cm³/mol. The Hall–Kier alpha value is -3.20. The number of pyridine rings is 1. The fourth-order valence-corrected chi connectivity index (χ4v) is 2.11. The summed E-state index contributed by atoms with van der Waals surface area (Å²) in [6.45, 7) is 0. The average Bonchev–Trinajstić information content (AvgIpc) is 2.95. The Morgan fingerprint density at radius 3 is 2.83 bits per heavy atom. The average molecular weight is 326 g/mol. The largest absolute Gasteiger partial charge is 0.270 e. The molecular formula is C14H10N6O2S. The summed E-state index contributed by atoms with van der Waals surface area (Å²) in [4.78, 5) is 14.3. The number of rotatable bonds is 4. The highest BCUT2D eigenvalue weighted by atomic mass is 32.1. The van der Waals surface area contributed by atoms with Gasteiger partial charge in [0.15, 0.2) is 5.82 Å². The number of hydrogen-bond donors (Lipinski definition) is 1. The monoisotopic (exact) mass is 326 g/mol. The van der Waals surface area contributed by atoms with Crippen LogP contribution in [0.15, 0.2) is 53.9 Å². The van der Waals surface area contributed by atoms with Crippen molar-refractivity contribution in [3.8, 4) is 11.4 Å². The van der Waals surface area contributed by atoms with Gasteiger partial charge in [-0.25, -0.2) is 5.10 Å². The van der Waals surface area contributed by atoms with Gasteiger partial charge in [-0.15, -0.1) is 0 Å². The lowest BCUT2D eigenvalue weighted by atomic mass is 10.2. The van der Waals surface area contributed by atoms with Crippen LogP contribution in [0.2, 0.25) is 0 Å². The first-order valence-electron chi connectivity index (χ1n) is 6.52. The van der Waals surface area contributed by atoms with Crippen LogP contribution in [0.4, 0.5) is 5.69 Å². The van der Waals surface area contributed by atoms with E-state index in [4.69, 9.17) is 12.2 Å². The van der Waals surface area contributed by atoms with Gasteiger partial charge >= 0.3 is 0 Å². The fourth-order valence-electron chi connectivity index (χ4n) is 1.93. The third-order valence-corrected chi connectivity index (χ3v) is 3.26. The van der Waals surface area contributed by atoms with Crippen LogP contribution in [-0.4, -0.2) is 31.0 Å². The molecule has 0 spiro atoms. The van der Waals surface area contributed by atoms with Crippen molar-refractivity contribution in [3.05, 3.63) is 69.2 Å². The maximum Gasteiger partial charge on any atom is 0.270 e. The highest BCUT2D eigenvalue weighted by Crippen LogP contribution is 2.16. The van der Waals surface area contributed by atoms with Gasteiger partial charge in [-0.05, 0) is 24.4 Å². The predicted octanol–water partition coefficient (Wildman–Crippen LogP) is 2.79. The molecule has 0 aliphatic carbocycles. The van der Waals surface area contributed by atoms with Crippen molar-refractivity contribution < 1.29 is 4.92 Å². The van der Waals surface area contributed by atoms with E-state index in [9.17, 15) is 10.1 Å². The molecule has 0 atom stereocenters. The Morgan fingerprint density at radius 2 is 2.09 bits per heavy atom. The van der Waals surface area contributed by atoms with E-state index < -0.39 is 4.92 Å². The van der Waals surface area contributed by atoms with E-state index in [1.807, 2.05) is 0 Å². The number of hydrogen-bond acceptors (Lipinski definition) is 6. The minimum Gasteiger partial charge on any atom is -0.265 e. The quantitative estimate of drug-likeness (QED) is 0.344. The molecule has 3 rings (SSSR count). The molecule has 114 valence electrons. The molecule has 0 saturated heterocycles. The number of nitrogens with one attached hydrogen (secondary N) is 1. The standard InChI is InChI=1S/C14H10N6O2S/c21-20(22)12-3-1-2-10(8-12)9-16-19-13(17-18-14(19)23)11-4-6-15-7-5-11/h1-9H,(H,18,23)/b16-9+. The Kier molecular flexibility index (Phi) is 4.02. The summed E-state index contributed by atoms with van der Waals surface area (Å²) in [6.07, 6.45) is 4.77. The second-order valence-electron chi connectivity index (χ2n) is 4.50. The van der Waals surface area contributed by atoms with Crippen LogP contribution < -0.4 is 0 Å². The Labute approximate surface area is 135 Å². The summed E-state index contributed by atoms with van der Waals surface area (Å²) < 4.78 is 1.77. The summed E-state index contributed by atoms with van der Waals surface area (Å²) in [7, 11) is 0. The first-order chi connectivity index (χ1) is 11.1. The summed E-state index contributed by atoms with van der Waals surface area (Å²) in [5, 5.41) is 21.9. The summed E-state index contributed by atoms with van der Waals surface area (Å²) in [5.74, 6) is 0.527. The molecule has 2 heterocycles. The first kappa shape index (κ1) is 14.7.